The number of rotatable bonds is 5. The van der Waals surface area contributed by atoms with Crippen LogP contribution in [-0.4, -0.2) is 26.5 Å². The predicted molar refractivity (Wildman–Crippen MR) is 112 cm³/mol. The lowest BCUT2D eigenvalue weighted by molar-refractivity contribution is 0.351. The van der Waals surface area contributed by atoms with E-state index in [9.17, 15) is 0 Å². The molecule has 27 heavy (non-hydrogen) atoms. The van der Waals surface area contributed by atoms with Crippen LogP contribution >= 0.6 is 22.9 Å². The number of benzene rings is 2. The van der Waals surface area contributed by atoms with E-state index in [-0.39, 0.29) is 5.92 Å². The van der Waals surface area contributed by atoms with E-state index in [1.807, 2.05) is 47.5 Å². The largest absolute Gasteiger partial charge is 0.493 e. The lowest BCUT2D eigenvalue weighted by atomic mass is 9.92. The molecule has 0 spiro atoms. The van der Waals surface area contributed by atoms with Crippen molar-refractivity contribution in [1.29, 1.82) is 0 Å². The van der Waals surface area contributed by atoms with Crippen molar-refractivity contribution in [3.05, 3.63) is 75.4 Å². The standard InChI is InChI=1S/C21H19ClN2O2S/c1-25-18-6-3-5-16(21(18)26-2)17-13-24(15-10-8-14(22)9-11-15)23-20(17)19-7-4-12-27-19/h3-12,17H,13H2,1-2H3. The van der Waals surface area contributed by atoms with Crippen molar-refractivity contribution in [2.75, 3.05) is 25.8 Å². The molecule has 6 heteroatoms. The Kier molecular flexibility index (Phi) is 5.05. The average Bonchev–Trinajstić information content (AvgIpc) is 3.37. The van der Waals surface area contributed by atoms with Crippen LogP contribution in [0, 0.1) is 0 Å². The third-order valence-corrected chi connectivity index (χ3v) is 5.77. The quantitative estimate of drug-likeness (QED) is 0.574. The molecular weight excluding hydrogens is 380 g/mol. The van der Waals surface area contributed by atoms with Crippen LogP contribution in [0.15, 0.2) is 65.1 Å². The fraction of sp³-hybridized carbons (Fsp3) is 0.190. The summed E-state index contributed by atoms with van der Waals surface area (Å²) in [7, 11) is 3.33. The fourth-order valence-electron chi connectivity index (χ4n) is 3.35. The second-order valence-corrected chi connectivity index (χ2v) is 7.54. The highest BCUT2D eigenvalue weighted by atomic mass is 35.5. The van der Waals surface area contributed by atoms with Gasteiger partial charge in [-0.15, -0.1) is 11.3 Å². The van der Waals surface area contributed by atoms with Gasteiger partial charge in [-0.1, -0.05) is 29.8 Å². The average molecular weight is 399 g/mol. The molecule has 0 fully saturated rings. The molecule has 4 nitrogen and oxygen atoms in total. The zero-order valence-electron chi connectivity index (χ0n) is 15.1. The van der Waals surface area contributed by atoms with Gasteiger partial charge in [-0.2, -0.15) is 5.10 Å². The van der Waals surface area contributed by atoms with E-state index in [1.165, 1.54) is 0 Å². The van der Waals surface area contributed by atoms with Gasteiger partial charge >= 0.3 is 0 Å². The Balaban J connectivity index is 1.78. The Morgan fingerprint density at radius 3 is 2.52 bits per heavy atom. The molecule has 0 saturated heterocycles. The number of hydrogen-bond acceptors (Lipinski definition) is 5. The zero-order valence-corrected chi connectivity index (χ0v) is 16.6. The van der Waals surface area contributed by atoms with E-state index in [4.69, 9.17) is 26.2 Å². The Hall–Kier alpha value is -2.50. The molecule has 1 aliphatic heterocycles. The first-order valence-corrected chi connectivity index (χ1v) is 9.83. The van der Waals surface area contributed by atoms with E-state index in [0.29, 0.717) is 5.02 Å². The second-order valence-electron chi connectivity index (χ2n) is 6.16. The Morgan fingerprint density at radius 2 is 1.85 bits per heavy atom. The molecule has 0 amide bonds. The third-order valence-electron chi connectivity index (χ3n) is 4.62. The van der Waals surface area contributed by atoms with E-state index >= 15 is 0 Å². The van der Waals surface area contributed by atoms with Crippen molar-refractivity contribution < 1.29 is 9.47 Å². The summed E-state index contributed by atoms with van der Waals surface area (Å²) in [6.07, 6.45) is 0. The van der Waals surface area contributed by atoms with Crippen LogP contribution in [0.5, 0.6) is 11.5 Å². The molecule has 0 aliphatic carbocycles. The molecule has 0 saturated carbocycles. The van der Waals surface area contributed by atoms with Gasteiger partial charge in [-0.05, 0) is 41.8 Å². The molecular formula is C21H19ClN2O2S. The van der Waals surface area contributed by atoms with Gasteiger partial charge in [-0.3, -0.25) is 5.01 Å². The molecule has 138 valence electrons. The summed E-state index contributed by atoms with van der Waals surface area (Å²) in [6.45, 7) is 0.721. The predicted octanol–water partition coefficient (Wildman–Crippen LogP) is 5.43. The Morgan fingerprint density at radius 1 is 1.04 bits per heavy atom. The Bertz CT molecular complexity index is 955. The number of ether oxygens (including phenoxy) is 2. The summed E-state index contributed by atoms with van der Waals surface area (Å²) in [6, 6.07) is 17.9. The zero-order chi connectivity index (χ0) is 18.8. The highest BCUT2D eigenvalue weighted by Gasteiger charge is 2.33. The van der Waals surface area contributed by atoms with Crippen molar-refractivity contribution in [2.24, 2.45) is 5.10 Å². The number of hydrogen-bond donors (Lipinski definition) is 0. The van der Waals surface area contributed by atoms with Gasteiger partial charge in [0.15, 0.2) is 11.5 Å². The summed E-state index contributed by atoms with van der Waals surface area (Å²) < 4.78 is 11.2. The first kappa shape index (κ1) is 17.9. The number of anilines is 1. The van der Waals surface area contributed by atoms with Gasteiger partial charge in [0, 0.05) is 10.6 Å². The summed E-state index contributed by atoms with van der Waals surface area (Å²) >= 11 is 7.73. The smallest absolute Gasteiger partial charge is 0.164 e. The number of halogens is 1. The number of hydrazone groups is 1. The van der Waals surface area contributed by atoms with E-state index in [1.54, 1.807) is 25.6 Å². The highest BCUT2D eigenvalue weighted by molar-refractivity contribution is 7.12. The maximum atomic E-state index is 6.04. The van der Waals surface area contributed by atoms with Crippen LogP contribution in [0.3, 0.4) is 0 Å². The van der Waals surface area contributed by atoms with Crippen LogP contribution in [0.1, 0.15) is 16.4 Å². The van der Waals surface area contributed by atoms with Gasteiger partial charge in [0.25, 0.3) is 0 Å². The molecule has 1 aliphatic rings. The number of methoxy groups -OCH3 is 2. The third kappa shape index (κ3) is 3.40. The van der Waals surface area contributed by atoms with Gasteiger partial charge in [0.2, 0.25) is 0 Å². The molecule has 0 bridgehead atoms. The van der Waals surface area contributed by atoms with Gasteiger partial charge in [-0.25, -0.2) is 0 Å². The van der Waals surface area contributed by atoms with Crippen molar-refractivity contribution in [1.82, 2.24) is 0 Å². The van der Waals surface area contributed by atoms with Crippen LogP contribution in [0.25, 0.3) is 0 Å². The molecule has 0 radical (unpaired) electrons. The van der Waals surface area contributed by atoms with Gasteiger partial charge < -0.3 is 9.47 Å². The van der Waals surface area contributed by atoms with Crippen molar-refractivity contribution in [2.45, 2.75) is 5.92 Å². The monoisotopic (exact) mass is 398 g/mol. The van der Waals surface area contributed by atoms with Crippen molar-refractivity contribution >= 4 is 34.3 Å². The number of nitrogens with zero attached hydrogens (tertiary/aromatic N) is 2. The molecule has 2 aromatic carbocycles. The maximum Gasteiger partial charge on any atom is 0.164 e. The molecule has 0 N–H and O–H groups in total. The first-order valence-electron chi connectivity index (χ1n) is 8.57. The maximum absolute atomic E-state index is 6.04. The highest BCUT2D eigenvalue weighted by Crippen LogP contribution is 2.41. The number of para-hydroxylation sites is 1. The summed E-state index contributed by atoms with van der Waals surface area (Å²) in [5.74, 6) is 1.56. The molecule has 3 aromatic rings. The molecule has 1 unspecified atom stereocenters. The second kappa shape index (κ2) is 7.62. The minimum Gasteiger partial charge on any atom is -0.493 e. The Labute approximate surface area is 167 Å². The van der Waals surface area contributed by atoms with E-state index < -0.39 is 0 Å². The SMILES string of the molecule is COc1cccc(C2CN(c3ccc(Cl)cc3)N=C2c2cccs2)c1OC. The summed E-state index contributed by atoms with van der Waals surface area (Å²) in [5.41, 5.74) is 3.12. The minimum absolute atomic E-state index is 0.0735. The topological polar surface area (TPSA) is 34.1 Å². The van der Waals surface area contributed by atoms with Gasteiger partial charge in [0.1, 0.15) is 0 Å². The van der Waals surface area contributed by atoms with E-state index in [0.717, 1.165) is 39.9 Å². The van der Waals surface area contributed by atoms with Gasteiger partial charge in [0.05, 0.1) is 43.0 Å². The lowest BCUT2D eigenvalue weighted by Gasteiger charge is -2.19. The molecule has 1 atom stereocenters. The summed E-state index contributed by atoms with van der Waals surface area (Å²) in [4.78, 5) is 1.15. The minimum atomic E-state index is 0.0735. The van der Waals surface area contributed by atoms with Crippen LogP contribution in [0.4, 0.5) is 5.69 Å². The van der Waals surface area contributed by atoms with E-state index in [2.05, 4.69) is 17.5 Å². The normalized spacial score (nSPS) is 16.3. The van der Waals surface area contributed by atoms with Crippen molar-refractivity contribution in [3.8, 4) is 11.5 Å². The molecule has 4 rings (SSSR count). The molecule has 2 heterocycles. The van der Waals surface area contributed by atoms with Crippen LogP contribution < -0.4 is 14.5 Å². The van der Waals surface area contributed by atoms with Crippen LogP contribution in [0.2, 0.25) is 5.02 Å². The molecule has 1 aromatic heterocycles. The number of thiophene rings is 1. The van der Waals surface area contributed by atoms with Crippen LogP contribution in [-0.2, 0) is 0 Å². The van der Waals surface area contributed by atoms with Crippen molar-refractivity contribution in [3.63, 3.8) is 0 Å². The summed E-state index contributed by atoms with van der Waals surface area (Å²) in [5, 5.41) is 9.75. The first-order chi connectivity index (χ1) is 13.2. The fourth-order valence-corrected chi connectivity index (χ4v) is 4.24. The lowest BCUT2D eigenvalue weighted by Crippen LogP contribution is -2.18.